The van der Waals surface area contributed by atoms with Gasteiger partial charge in [-0.2, -0.15) is 5.10 Å². The van der Waals surface area contributed by atoms with Gasteiger partial charge in [-0.3, -0.25) is 4.79 Å². The number of rotatable bonds is 5. The standard InChI is InChI=1S/C23H27N5O/c1-18-8-4-5-9-21(18)28-17-19(14-25-28)16-26(2)22-11-10-20(15-24-22)23(29)27-12-6-3-7-13-27/h4-5,8-11,14-15,17H,3,6-7,12-13,16H2,1-2H3. The van der Waals surface area contributed by atoms with Crippen LogP contribution >= 0.6 is 0 Å². The largest absolute Gasteiger partial charge is 0.355 e. The number of carbonyl (C=O) groups is 1. The Morgan fingerprint density at radius 2 is 1.86 bits per heavy atom. The zero-order chi connectivity index (χ0) is 20.2. The lowest BCUT2D eigenvalue weighted by Gasteiger charge is -2.26. The molecule has 29 heavy (non-hydrogen) atoms. The maximum absolute atomic E-state index is 12.6. The van der Waals surface area contributed by atoms with Crippen LogP contribution in [-0.4, -0.2) is 45.7 Å². The Kier molecular flexibility index (Phi) is 5.60. The molecule has 1 saturated heterocycles. The fraction of sp³-hybridized carbons (Fsp3) is 0.348. The lowest BCUT2D eigenvalue weighted by molar-refractivity contribution is 0.0724. The fourth-order valence-electron chi connectivity index (χ4n) is 3.77. The van der Waals surface area contributed by atoms with Gasteiger partial charge in [-0.05, 0) is 49.9 Å². The van der Waals surface area contributed by atoms with Crippen molar-refractivity contribution in [2.45, 2.75) is 32.7 Å². The number of para-hydroxylation sites is 1. The first-order valence-corrected chi connectivity index (χ1v) is 10.2. The Morgan fingerprint density at radius 1 is 1.07 bits per heavy atom. The first-order chi connectivity index (χ1) is 14.1. The molecule has 3 aromatic rings. The maximum atomic E-state index is 12.6. The first kappa shape index (κ1) is 19.2. The van der Waals surface area contributed by atoms with Crippen LogP contribution in [0.15, 0.2) is 55.0 Å². The van der Waals surface area contributed by atoms with Crippen LogP contribution in [0.1, 0.15) is 40.7 Å². The molecule has 3 heterocycles. The van der Waals surface area contributed by atoms with Crippen molar-refractivity contribution in [1.29, 1.82) is 0 Å². The summed E-state index contributed by atoms with van der Waals surface area (Å²) in [7, 11) is 2.00. The van der Waals surface area contributed by atoms with Crippen LogP contribution in [0.25, 0.3) is 5.69 Å². The molecule has 2 aromatic heterocycles. The van der Waals surface area contributed by atoms with Gasteiger partial charge in [-0.1, -0.05) is 18.2 Å². The Morgan fingerprint density at radius 3 is 2.59 bits per heavy atom. The van der Waals surface area contributed by atoms with Crippen LogP contribution < -0.4 is 4.90 Å². The van der Waals surface area contributed by atoms with Crippen molar-refractivity contribution in [3.8, 4) is 5.69 Å². The summed E-state index contributed by atoms with van der Waals surface area (Å²) in [6, 6.07) is 12.0. The second-order valence-electron chi connectivity index (χ2n) is 7.69. The number of aromatic nitrogens is 3. The number of aryl methyl sites for hydroxylation is 1. The SMILES string of the molecule is Cc1ccccc1-n1cc(CN(C)c2ccc(C(=O)N3CCCCC3)cn2)cn1. The predicted molar refractivity (Wildman–Crippen MR) is 114 cm³/mol. The van der Waals surface area contributed by atoms with E-state index in [0.717, 1.165) is 43.0 Å². The van der Waals surface area contributed by atoms with Gasteiger partial charge in [-0.15, -0.1) is 0 Å². The van der Waals surface area contributed by atoms with Crippen molar-refractivity contribution in [3.63, 3.8) is 0 Å². The molecule has 4 rings (SSSR count). The molecule has 0 radical (unpaired) electrons. The van der Waals surface area contributed by atoms with E-state index in [0.29, 0.717) is 12.1 Å². The van der Waals surface area contributed by atoms with Crippen LogP contribution in [0.3, 0.4) is 0 Å². The number of piperidine rings is 1. The Labute approximate surface area is 171 Å². The summed E-state index contributed by atoms with van der Waals surface area (Å²) >= 11 is 0. The van der Waals surface area contributed by atoms with E-state index in [4.69, 9.17) is 0 Å². The van der Waals surface area contributed by atoms with Gasteiger partial charge in [0.25, 0.3) is 5.91 Å². The Hall–Kier alpha value is -3.15. The van der Waals surface area contributed by atoms with Crippen LogP contribution in [0.2, 0.25) is 0 Å². The third-order valence-electron chi connectivity index (χ3n) is 5.45. The van der Waals surface area contributed by atoms with Crippen molar-refractivity contribution in [2.75, 3.05) is 25.0 Å². The number of pyridine rings is 1. The molecule has 0 bridgehead atoms. The Balaban J connectivity index is 1.42. The normalized spacial score (nSPS) is 14.1. The third-order valence-corrected chi connectivity index (χ3v) is 5.45. The van der Waals surface area contributed by atoms with Crippen molar-refractivity contribution < 1.29 is 4.79 Å². The van der Waals surface area contributed by atoms with Gasteiger partial charge in [0.2, 0.25) is 0 Å². The van der Waals surface area contributed by atoms with Gasteiger partial charge in [0.05, 0.1) is 17.4 Å². The minimum Gasteiger partial charge on any atom is -0.355 e. The molecule has 6 nitrogen and oxygen atoms in total. The number of hydrogen-bond donors (Lipinski definition) is 0. The summed E-state index contributed by atoms with van der Waals surface area (Å²) in [5, 5.41) is 4.50. The average molecular weight is 390 g/mol. The highest BCUT2D eigenvalue weighted by molar-refractivity contribution is 5.94. The monoisotopic (exact) mass is 389 g/mol. The summed E-state index contributed by atoms with van der Waals surface area (Å²) in [4.78, 5) is 21.1. The van der Waals surface area contributed by atoms with Crippen molar-refractivity contribution in [2.24, 2.45) is 0 Å². The van der Waals surface area contributed by atoms with E-state index in [1.807, 2.05) is 53.3 Å². The molecule has 0 spiro atoms. The van der Waals surface area contributed by atoms with Gasteiger partial charge < -0.3 is 9.80 Å². The lowest BCUT2D eigenvalue weighted by Crippen LogP contribution is -2.35. The minimum atomic E-state index is 0.0888. The third kappa shape index (κ3) is 4.31. The van der Waals surface area contributed by atoms with Crippen LogP contribution in [0, 0.1) is 6.92 Å². The highest BCUT2D eigenvalue weighted by Gasteiger charge is 2.18. The molecule has 0 N–H and O–H groups in total. The molecule has 1 aliphatic heterocycles. The highest BCUT2D eigenvalue weighted by Crippen LogP contribution is 2.18. The van der Waals surface area contributed by atoms with E-state index in [9.17, 15) is 4.79 Å². The number of nitrogens with zero attached hydrogens (tertiary/aromatic N) is 5. The molecule has 1 aromatic carbocycles. The molecule has 150 valence electrons. The summed E-state index contributed by atoms with van der Waals surface area (Å²) in [5.41, 5.74) is 4.04. The van der Waals surface area contributed by atoms with Gasteiger partial charge in [-0.25, -0.2) is 9.67 Å². The lowest BCUT2D eigenvalue weighted by atomic mass is 10.1. The molecule has 1 amide bonds. The van der Waals surface area contributed by atoms with E-state index >= 15 is 0 Å². The second kappa shape index (κ2) is 8.47. The molecular formula is C23H27N5O. The smallest absolute Gasteiger partial charge is 0.255 e. The van der Waals surface area contributed by atoms with Crippen LogP contribution in [0.4, 0.5) is 5.82 Å². The minimum absolute atomic E-state index is 0.0888. The number of carbonyl (C=O) groups excluding carboxylic acids is 1. The summed E-state index contributed by atoms with van der Waals surface area (Å²) < 4.78 is 1.91. The van der Waals surface area contributed by atoms with Crippen LogP contribution in [0.5, 0.6) is 0 Å². The average Bonchev–Trinajstić information content (AvgIpc) is 3.22. The molecule has 0 aliphatic carbocycles. The summed E-state index contributed by atoms with van der Waals surface area (Å²) in [6.07, 6.45) is 9.03. The number of benzene rings is 1. The molecular weight excluding hydrogens is 362 g/mol. The van der Waals surface area contributed by atoms with E-state index in [1.165, 1.54) is 12.0 Å². The number of anilines is 1. The maximum Gasteiger partial charge on any atom is 0.255 e. The molecule has 1 fully saturated rings. The number of amides is 1. The molecule has 0 unspecified atom stereocenters. The van der Waals surface area contributed by atoms with E-state index in [2.05, 4.69) is 34.0 Å². The van der Waals surface area contributed by atoms with Gasteiger partial charge in [0.1, 0.15) is 5.82 Å². The van der Waals surface area contributed by atoms with Gasteiger partial charge in [0.15, 0.2) is 0 Å². The van der Waals surface area contributed by atoms with Crippen molar-refractivity contribution in [1.82, 2.24) is 19.7 Å². The van der Waals surface area contributed by atoms with Gasteiger partial charge >= 0.3 is 0 Å². The van der Waals surface area contributed by atoms with Crippen molar-refractivity contribution >= 4 is 11.7 Å². The fourth-order valence-corrected chi connectivity index (χ4v) is 3.77. The number of hydrogen-bond acceptors (Lipinski definition) is 4. The van der Waals surface area contributed by atoms with Crippen LogP contribution in [-0.2, 0) is 6.54 Å². The Bertz CT molecular complexity index is 973. The number of likely N-dealkylation sites (tertiary alicyclic amines) is 1. The summed E-state index contributed by atoms with van der Waals surface area (Å²) in [5.74, 6) is 0.926. The van der Waals surface area contributed by atoms with Crippen molar-refractivity contribution in [3.05, 3.63) is 71.7 Å². The topological polar surface area (TPSA) is 54.3 Å². The second-order valence-corrected chi connectivity index (χ2v) is 7.69. The van der Waals surface area contributed by atoms with Gasteiger partial charge in [0, 0.05) is 44.6 Å². The zero-order valence-corrected chi connectivity index (χ0v) is 17.1. The van der Waals surface area contributed by atoms with E-state index in [1.54, 1.807) is 6.20 Å². The molecule has 0 atom stereocenters. The van der Waals surface area contributed by atoms with E-state index in [-0.39, 0.29) is 5.91 Å². The first-order valence-electron chi connectivity index (χ1n) is 10.2. The zero-order valence-electron chi connectivity index (χ0n) is 17.1. The molecule has 0 saturated carbocycles. The predicted octanol–water partition coefficient (Wildman–Crippen LogP) is 3.84. The highest BCUT2D eigenvalue weighted by atomic mass is 16.2. The summed E-state index contributed by atoms with van der Waals surface area (Å²) in [6.45, 7) is 4.48. The van der Waals surface area contributed by atoms with E-state index < -0.39 is 0 Å². The molecule has 6 heteroatoms. The quantitative estimate of drug-likeness (QED) is 0.665. The molecule has 1 aliphatic rings.